The second-order valence-electron chi connectivity index (χ2n) is 5.62. The summed E-state index contributed by atoms with van der Waals surface area (Å²) in [6.07, 6.45) is 3.16. The lowest BCUT2D eigenvalue weighted by atomic mass is 10.0. The van der Waals surface area contributed by atoms with E-state index < -0.39 is 0 Å². The highest BCUT2D eigenvalue weighted by molar-refractivity contribution is 6.09. The molecule has 0 saturated heterocycles. The van der Waals surface area contributed by atoms with Crippen LogP contribution in [0.5, 0.6) is 5.75 Å². The van der Waals surface area contributed by atoms with Gasteiger partial charge in [0.05, 0.1) is 23.5 Å². The molecule has 1 amide bonds. The molecule has 1 N–H and O–H groups in total. The molecule has 0 spiro atoms. The normalized spacial score (nSPS) is 9.89. The van der Waals surface area contributed by atoms with Crippen molar-refractivity contribution in [3.63, 3.8) is 0 Å². The van der Waals surface area contributed by atoms with Gasteiger partial charge in [0.15, 0.2) is 12.4 Å². The lowest BCUT2D eigenvalue weighted by molar-refractivity contribution is -0.118. The summed E-state index contributed by atoms with van der Waals surface area (Å²) in [6, 6.07) is 18.5. The Kier molecular flexibility index (Phi) is 5.55. The van der Waals surface area contributed by atoms with Crippen molar-refractivity contribution in [3.05, 3.63) is 89.7 Å². The molecule has 6 nitrogen and oxygen atoms in total. The zero-order valence-electron chi connectivity index (χ0n) is 14.3. The van der Waals surface area contributed by atoms with Crippen molar-refractivity contribution in [3.8, 4) is 11.8 Å². The van der Waals surface area contributed by atoms with Crippen LogP contribution >= 0.6 is 0 Å². The van der Waals surface area contributed by atoms with Crippen LogP contribution in [-0.2, 0) is 4.79 Å². The van der Waals surface area contributed by atoms with Crippen molar-refractivity contribution in [1.29, 1.82) is 5.26 Å². The Bertz CT molecular complexity index is 993. The van der Waals surface area contributed by atoms with Gasteiger partial charge in [-0.05, 0) is 48.5 Å². The summed E-state index contributed by atoms with van der Waals surface area (Å²) in [7, 11) is 0. The van der Waals surface area contributed by atoms with Gasteiger partial charge in [-0.15, -0.1) is 0 Å². The number of nitrogens with zero attached hydrogens (tertiary/aromatic N) is 2. The largest absolute Gasteiger partial charge is 0.484 e. The first-order valence-electron chi connectivity index (χ1n) is 8.13. The van der Waals surface area contributed by atoms with Crippen LogP contribution in [0.3, 0.4) is 0 Å². The summed E-state index contributed by atoms with van der Waals surface area (Å²) < 4.78 is 5.43. The van der Waals surface area contributed by atoms with Gasteiger partial charge in [0.1, 0.15) is 5.75 Å². The Morgan fingerprint density at radius 2 is 1.85 bits per heavy atom. The number of nitriles is 1. The van der Waals surface area contributed by atoms with E-state index in [1.165, 1.54) is 0 Å². The van der Waals surface area contributed by atoms with Crippen LogP contribution in [0.25, 0.3) is 0 Å². The van der Waals surface area contributed by atoms with Crippen LogP contribution in [0.15, 0.2) is 73.1 Å². The van der Waals surface area contributed by atoms with E-state index in [9.17, 15) is 9.59 Å². The molecule has 3 rings (SSSR count). The van der Waals surface area contributed by atoms with Crippen molar-refractivity contribution < 1.29 is 14.3 Å². The molecule has 0 aliphatic rings. The second kappa shape index (κ2) is 8.41. The minimum absolute atomic E-state index is 0.160. The zero-order chi connectivity index (χ0) is 19.1. The minimum Gasteiger partial charge on any atom is -0.484 e. The second-order valence-corrected chi connectivity index (χ2v) is 5.62. The van der Waals surface area contributed by atoms with E-state index in [2.05, 4.69) is 10.3 Å². The highest BCUT2D eigenvalue weighted by Gasteiger charge is 2.10. The van der Waals surface area contributed by atoms with Crippen LogP contribution in [0.2, 0.25) is 0 Å². The Morgan fingerprint density at radius 1 is 1.04 bits per heavy atom. The van der Waals surface area contributed by atoms with Gasteiger partial charge in [-0.1, -0.05) is 12.1 Å². The number of hydrogen-bond acceptors (Lipinski definition) is 5. The number of carbonyl (C=O) groups is 2. The number of rotatable bonds is 6. The summed E-state index contributed by atoms with van der Waals surface area (Å²) >= 11 is 0. The zero-order valence-corrected chi connectivity index (χ0v) is 14.3. The quantitative estimate of drug-likeness (QED) is 0.684. The number of hydrogen-bond donors (Lipinski definition) is 1. The standard InChI is InChI=1S/C21H15N3O3/c22-12-15-3-1-4-17(11-15)21(26)16-6-8-19(9-7-16)27-14-20(25)24-18-5-2-10-23-13-18/h1-11,13H,14H2,(H,24,25). The van der Waals surface area contributed by atoms with Crippen molar-refractivity contribution in [2.45, 2.75) is 0 Å². The third kappa shape index (κ3) is 4.77. The summed E-state index contributed by atoms with van der Waals surface area (Å²) in [4.78, 5) is 28.2. The maximum atomic E-state index is 12.5. The number of pyridine rings is 1. The fraction of sp³-hybridized carbons (Fsp3) is 0.0476. The van der Waals surface area contributed by atoms with E-state index in [0.29, 0.717) is 28.1 Å². The number of anilines is 1. The van der Waals surface area contributed by atoms with E-state index in [1.807, 2.05) is 6.07 Å². The van der Waals surface area contributed by atoms with Crippen LogP contribution in [0.1, 0.15) is 21.5 Å². The molecule has 0 radical (unpaired) electrons. The molecule has 0 saturated carbocycles. The third-order valence-corrected chi connectivity index (χ3v) is 3.69. The first-order chi connectivity index (χ1) is 13.2. The molecule has 0 aliphatic heterocycles. The summed E-state index contributed by atoms with van der Waals surface area (Å²) in [5.41, 5.74) is 1.93. The first kappa shape index (κ1) is 17.8. The van der Waals surface area contributed by atoms with Crippen molar-refractivity contribution in [1.82, 2.24) is 4.98 Å². The average Bonchev–Trinajstić information content (AvgIpc) is 2.73. The average molecular weight is 357 g/mol. The van der Waals surface area contributed by atoms with Gasteiger partial charge in [-0.25, -0.2) is 0 Å². The van der Waals surface area contributed by atoms with Crippen LogP contribution in [-0.4, -0.2) is 23.3 Å². The molecule has 1 aromatic heterocycles. The number of amides is 1. The molecule has 0 bridgehead atoms. The summed E-state index contributed by atoms with van der Waals surface area (Å²) in [5, 5.41) is 11.6. The smallest absolute Gasteiger partial charge is 0.262 e. The lowest BCUT2D eigenvalue weighted by Crippen LogP contribution is -2.20. The fourth-order valence-corrected chi connectivity index (χ4v) is 2.38. The number of benzene rings is 2. The number of ketones is 1. The van der Waals surface area contributed by atoms with Gasteiger partial charge in [0.25, 0.3) is 5.91 Å². The summed E-state index contributed by atoms with van der Waals surface area (Å²) in [5.74, 6) is -0.0249. The molecule has 132 valence electrons. The van der Waals surface area contributed by atoms with E-state index in [1.54, 1.807) is 73.1 Å². The van der Waals surface area contributed by atoms with E-state index >= 15 is 0 Å². The molecular weight excluding hydrogens is 342 g/mol. The van der Waals surface area contributed by atoms with Crippen LogP contribution in [0, 0.1) is 11.3 Å². The Morgan fingerprint density at radius 3 is 2.56 bits per heavy atom. The van der Waals surface area contributed by atoms with Gasteiger partial charge < -0.3 is 10.1 Å². The Labute approximate surface area is 156 Å². The molecule has 2 aromatic carbocycles. The number of nitrogens with one attached hydrogen (secondary N) is 1. The van der Waals surface area contributed by atoms with Gasteiger partial charge >= 0.3 is 0 Å². The lowest BCUT2D eigenvalue weighted by Gasteiger charge is -2.08. The highest BCUT2D eigenvalue weighted by atomic mass is 16.5. The van der Waals surface area contributed by atoms with Crippen molar-refractivity contribution >= 4 is 17.4 Å². The molecular formula is C21H15N3O3. The van der Waals surface area contributed by atoms with Gasteiger partial charge in [-0.3, -0.25) is 14.6 Å². The molecule has 6 heteroatoms. The topological polar surface area (TPSA) is 92.1 Å². The van der Waals surface area contributed by atoms with Crippen molar-refractivity contribution in [2.75, 3.05) is 11.9 Å². The van der Waals surface area contributed by atoms with Gasteiger partial charge in [-0.2, -0.15) is 5.26 Å². The maximum Gasteiger partial charge on any atom is 0.262 e. The maximum absolute atomic E-state index is 12.5. The number of ether oxygens (including phenoxy) is 1. The molecule has 27 heavy (non-hydrogen) atoms. The van der Waals surface area contributed by atoms with Crippen molar-refractivity contribution in [2.24, 2.45) is 0 Å². The SMILES string of the molecule is N#Cc1cccc(C(=O)c2ccc(OCC(=O)Nc3cccnc3)cc2)c1. The Hall–Kier alpha value is -3.98. The molecule has 1 heterocycles. The summed E-state index contributed by atoms with van der Waals surface area (Å²) in [6.45, 7) is -0.160. The van der Waals surface area contributed by atoms with E-state index in [0.717, 1.165) is 0 Å². The monoisotopic (exact) mass is 357 g/mol. The predicted molar refractivity (Wildman–Crippen MR) is 99.4 cm³/mol. The predicted octanol–water partition coefficient (Wildman–Crippen LogP) is 3.20. The van der Waals surface area contributed by atoms with Crippen LogP contribution < -0.4 is 10.1 Å². The Balaban J connectivity index is 1.59. The molecule has 0 atom stereocenters. The van der Waals surface area contributed by atoms with Gasteiger partial charge in [0, 0.05) is 17.3 Å². The fourth-order valence-electron chi connectivity index (χ4n) is 2.38. The molecule has 3 aromatic rings. The van der Waals surface area contributed by atoms with E-state index in [-0.39, 0.29) is 18.3 Å². The first-order valence-corrected chi connectivity index (χ1v) is 8.13. The molecule has 0 unspecified atom stereocenters. The van der Waals surface area contributed by atoms with Gasteiger partial charge in [0.2, 0.25) is 0 Å². The number of aromatic nitrogens is 1. The minimum atomic E-state index is -0.309. The molecule has 0 aliphatic carbocycles. The van der Waals surface area contributed by atoms with E-state index in [4.69, 9.17) is 10.00 Å². The highest BCUT2D eigenvalue weighted by Crippen LogP contribution is 2.16. The van der Waals surface area contributed by atoms with Crippen LogP contribution in [0.4, 0.5) is 5.69 Å². The third-order valence-electron chi connectivity index (χ3n) is 3.69. The number of carbonyl (C=O) groups excluding carboxylic acids is 2. The molecule has 0 fully saturated rings.